The molecule has 2 aromatic rings. The molecule has 1 N–H and O–H groups in total. The van der Waals surface area contributed by atoms with E-state index in [0.717, 1.165) is 6.42 Å². The normalized spacial score (nSPS) is 13.5. The van der Waals surface area contributed by atoms with Gasteiger partial charge in [0.15, 0.2) is 0 Å². The molecule has 0 bridgehead atoms. The van der Waals surface area contributed by atoms with Crippen LogP contribution in [0.25, 0.3) is 5.73 Å². The minimum atomic E-state index is 0. The number of hydrogen-bond donors (Lipinski definition) is 0. The van der Waals surface area contributed by atoms with Crippen molar-refractivity contribution in [2.45, 2.75) is 86.0 Å². The molecule has 0 amide bonds. The first-order valence-electron chi connectivity index (χ1n) is 12.9. The minimum Gasteiger partial charge on any atom is -0.677 e. The maximum Gasteiger partial charge on any atom is 2.00 e. The van der Waals surface area contributed by atoms with Crippen LogP contribution in [0.4, 0.5) is 0 Å². The molecule has 0 heterocycles. The monoisotopic (exact) mass is 622 g/mol. The molecular formula is C31H48Cl2NSiZr. The van der Waals surface area contributed by atoms with Crippen molar-refractivity contribution in [2.24, 2.45) is 5.92 Å². The second-order valence-electron chi connectivity index (χ2n) is 8.99. The second-order valence-corrected chi connectivity index (χ2v) is 10.6. The van der Waals surface area contributed by atoms with Gasteiger partial charge in [0, 0.05) is 0 Å². The number of allylic oxidation sites excluding steroid dienone is 4. The van der Waals surface area contributed by atoms with Gasteiger partial charge in [0.1, 0.15) is 9.52 Å². The zero-order valence-electron chi connectivity index (χ0n) is 23.1. The largest absolute Gasteiger partial charge is 2.00 e. The summed E-state index contributed by atoms with van der Waals surface area (Å²) >= 11 is 0. The summed E-state index contributed by atoms with van der Waals surface area (Å²) in [5.41, 5.74) is 11.2. The van der Waals surface area contributed by atoms with E-state index in [1.165, 1.54) is 72.0 Å². The van der Waals surface area contributed by atoms with Crippen molar-refractivity contribution < 1.29 is 26.2 Å². The number of hydrogen-bond acceptors (Lipinski definition) is 0. The van der Waals surface area contributed by atoms with Crippen LogP contribution in [-0.4, -0.2) is 16.1 Å². The van der Waals surface area contributed by atoms with Gasteiger partial charge in [-0.2, -0.15) is 17.7 Å². The Morgan fingerprint density at radius 3 is 1.44 bits per heavy atom. The summed E-state index contributed by atoms with van der Waals surface area (Å²) in [6.07, 6.45) is 14.0. The van der Waals surface area contributed by atoms with Gasteiger partial charge in [-0.25, -0.2) is 5.57 Å². The van der Waals surface area contributed by atoms with E-state index in [4.69, 9.17) is 5.73 Å². The molecule has 2 aromatic carbocycles. The zero-order valence-corrected chi connectivity index (χ0v) is 28.4. The Morgan fingerprint density at radius 1 is 0.722 bits per heavy atom. The molecule has 0 saturated carbocycles. The maximum atomic E-state index is 6.95. The van der Waals surface area contributed by atoms with Crippen LogP contribution in [0.15, 0.2) is 77.4 Å². The van der Waals surface area contributed by atoms with Crippen molar-refractivity contribution in [3.05, 3.63) is 89.2 Å². The minimum absolute atomic E-state index is 0. The zero-order chi connectivity index (χ0) is 24.3. The van der Waals surface area contributed by atoms with Gasteiger partial charge in [-0.3, -0.25) is 6.08 Å². The van der Waals surface area contributed by atoms with Crippen LogP contribution in [0, 0.1) is 12.0 Å². The summed E-state index contributed by atoms with van der Waals surface area (Å²) in [4.78, 5) is 0. The number of benzene rings is 2. The molecule has 0 aliphatic heterocycles. The molecule has 1 atom stereocenters. The third-order valence-electron chi connectivity index (χ3n) is 6.20. The molecule has 0 spiro atoms. The summed E-state index contributed by atoms with van der Waals surface area (Å²) < 4.78 is 0. The molecule has 36 heavy (non-hydrogen) atoms. The standard InChI is InChI=1S/C12H11Si.C10H22N.C9H13.2ClH.Zr/c1-3-7-11(8-4-1)13-12-9-5-2-6-10-12;1-2-3-4-5-6-7-8-9-10-11;1-6-5-7(2)9(4)8(6)3;;;/h1-10,13H;11H,2-10H2,1H3;6H,1-4H3;2*1H;/q;2*-1;;;+2. The average molecular weight is 625 g/mol. The van der Waals surface area contributed by atoms with E-state index < -0.39 is 0 Å². The van der Waals surface area contributed by atoms with E-state index in [9.17, 15) is 0 Å². The van der Waals surface area contributed by atoms with E-state index in [1.807, 2.05) is 0 Å². The maximum absolute atomic E-state index is 6.95. The molecule has 1 aliphatic rings. The summed E-state index contributed by atoms with van der Waals surface area (Å²) in [6, 6.07) is 21.3. The number of unbranched alkanes of at least 4 members (excludes halogenated alkanes) is 7. The second kappa shape index (κ2) is 26.2. The molecule has 0 saturated heterocycles. The third-order valence-corrected chi connectivity index (χ3v) is 7.64. The Labute approximate surface area is 257 Å². The molecule has 3 rings (SSSR count). The number of nitrogens with one attached hydrogen (secondary N) is 1. The van der Waals surface area contributed by atoms with E-state index in [-0.39, 0.29) is 60.5 Å². The fourth-order valence-corrected chi connectivity index (χ4v) is 4.93. The van der Waals surface area contributed by atoms with Gasteiger partial charge in [0.25, 0.3) is 0 Å². The van der Waals surface area contributed by atoms with Crippen LogP contribution < -0.4 is 10.4 Å². The van der Waals surface area contributed by atoms with Gasteiger partial charge in [-0.05, 0) is 0 Å². The first-order chi connectivity index (χ1) is 16.0. The van der Waals surface area contributed by atoms with Crippen LogP contribution >= 0.6 is 24.8 Å². The Morgan fingerprint density at radius 2 is 1.14 bits per heavy atom. The van der Waals surface area contributed by atoms with Crippen molar-refractivity contribution in [3.8, 4) is 0 Å². The van der Waals surface area contributed by atoms with Crippen molar-refractivity contribution in [3.63, 3.8) is 0 Å². The van der Waals surface area contributed by atoms with Gasteiger partial charge in [0.05, 0.1) is 0 Å². The van der Waals surface area contributed by atoms with Crippen molar-refractivity contribution in [1.82, 2.24) is 0 Å². The van der Waals surface area contributed by atoms with Crippen LogP contribution in [-0.2, 0) is 26.2 Å². The Hall–Kier alpha value is -0.440. The first kappa shape index (κ1) is 40.1. The summed E-state index contributed by atoms with van der Waals surface area (Å²) in [6.45, 7) is 11.5. The molecule has 1 unspecified atom stereocenters. The van der Waals surface area contributed by atoms with E-state index in [1.54, 1.807) is 0 Å². The van der Waals surface area contributed by atoms with Gasteiger partial charge >= 0.3 is 26.2 Å². The molecular weight excluding hydrogens is 577 g/mol. The predicted molar refractivity (Wildman–Crippen MR) is 166 cm³/mol. The van der Waals surface area contributed by atoms with Gasteiger partial charge in [-0.1, -0.05) is 156 Å². The van der Waals surface area contributed by atoms with Crippen LogP contribution in [0.3, 0.4) is 0 Å². The van der Waals surface area contributed by atoms with Crippen molar-refractivity contribution >= 4 is 44.7 Å². The van der Waals surface area contributed by atoms with Gasteiger partial charge in [-0.15, -0.1) is 31.7 Å². The molecule has 199 valence electrons. The molecule has 5 heteroatoms. The summed E-state index contributed by atoms with van der Waals surface area (Å²) in [5, 5.41) is 2.90. The number of rotatable bonds is 10. The van der Waals surface area contributed by atoms with E-state index in [2.05, 4.69) is 101 Å². The Balaban J connectivity index is -0.000000443. The quantitative estimate of drug-likeness (QED) is 0.143. The summed E-state index contributed by atoms with van der Waals surface area (Å²) in [7, 11) is 0.271. The van der Waals surface area contributed by atoms with Crippen molar-refractivity contribution in [1.29, 1.82) is 0 Å². The average Bonchev–Trinajstić information content (AvgIpc) is 3.06. The Kier molecular flexibility index (Phi) is 29.1. The Bertz CT molecular complexity index is 764. The smallest absolute Gasteiger partial charge is 0.677 e. The van der Waals surface area contributed by atoms with Gasteiger partial charge < -0.3 is 5.73 Å². The van der Waals surface area contributed by atoms with E-state index >= 15 is 0 Å². The summed E-state index contributed by atoms with van der Waals surface area (Å²) in [5.74, 6) is 0.560. The fourth-order valence-electron chi connectivity index (χ4n) is 3.71. The topological polar surface area (TPSA) is 23.8 Å². The fraction of sp³-hybridized carbons (Fsp3) is 0.484. The van der Waals surface area contributed by atoms with Crippen LogP contribution in [0.5, 0.6) is 0 Å². The first-order valence-corrected chi connectivity index (χ1v) is 14.0. The molecule has 1 aliphatic carbocycles. The molecule has 0 fully saturated rings. The van der Waals surface area contributed by atoms with E-state index in [0.29, 0.717) is 12.5 Å². The molecule has 0 aromatic heterocycles. The van der Waals surface area contributed by atoms with Crippen molar-refractivity contribution in [2.75, 3.05) is 6.54 Å². The molecule has 1 radical (unpaired) electrons. The SMILES string of the molecule is CC1=[C-]C(C)C(C)=C1C.CCCCCCCCCC[NH-].Cl.Cl.[Zr+2].c1ccc([SiH]c2ccccc2)cc1. The predicted octanol–water partition coefficient (Wildman–Crippen LogP) is 8.82. The van der Waals surface area contributed by atoms with Crippen LogP contribution in [0.1, 0.15) is 86.0 Å². The van der Waals surface area contributed by atoms with Gasteiger partial charge in [0.2, 0.25) is 0 Å². The number of halogens is 2. The molecule has 1 nitrogen and oxygen atoms in total. The van der Waals surface area contributed by atoms with Crippen LogP contribution in [0.2, 0.25) is 0 Å². The third kappa shape index (κ3) is 18.8.